The number of hydrogen-bond donors (Lipinski definition) is 1. The van der Waals surface area contributed by atoms with Crippen LogP contribution in [0, 0.1) is 22.7 Å². The maximum atomic E-state index is 12.5. The fourth-order valence-corrected chi connectivity index (χ4v) is 4.06. The SMILES string of the molecule is N#CC(C#N)N=Nc1ccc(NC(=O)CN2C(=O)c3ccccc3S2(=O)=O)cc1. The Hall–Kier alpha value is -4.09. The fourth-order valence-electron chi connectivity index (χ4n) is 2.53. The molecule has 0 atom stereocenters. The number of azo groups is 1. The van der Waals surface area contributed by atoms with E-state index in [1.165, 1.54) is 42.5 Å². The topological polar surface area (TPSA) is 156 Å². The number of anilines is 1. The van der Waals surface area contributed by atoms with Gasteiger partial charge in [-0.05, 0) is 36.4 Å². The highest BCUT2D eigenvalue weighted by Gasteiger charge is 2.41. The van der Waals surface area contributed by atoms with Crippen molar-refractivity contribution in [2.75, 3.05) is 11.9 Å². The third kappa shape index (κ3) is 3.95. The molecule has 11 heteroatoms. The summed E-state index contributed by atoms with van der Waals surface area (Å²) in [6, 6.07) is 13.8. The van der Waals surface area contributed by atoms with Crippen molar-refractivity contribution in [3.63, 3.8) is 0 Å². The summed E-state index contributed by atoms with van der Waals surface area (Å²) in [5.74, 6) is -1.45. The molecule has 0 unspecified atom stereocenters. The first-order chi connectivity index (χ1) is 13.9. The molecule has 10 nitrogen and oxygen atoms in total. The molecular formula is C18H12N6O4S. The second-order valence-electron chi connectivity index (χ2n) is 5.78. The number of rotatable bonds is 5. The number of nitrogens with one attached hydrogen (secondary N) is 1. The van der Waals surface area contributed by atoms with Crippen LogP contribution in [-0.2, 0) is 14.8 Å². The van der Waals surface area contributed by atoms with E-state index in [4.69, 9.17) is 10.5 Å². The Morgan fingerprint density at radius 3 is 2.38 bits per heavy atom. The van der Waals surface area contributed by atoms with Gasteiger partial charge in [0.1, 0.15) is 23.6 Å². The number of carbonyl (C=O) groups is 2. The minimum Gasteiger partial charge on any atom is -0.325 e. The molecule has 2 amide bonds. The van der Waals surface area contributed by atoms with Crippen LogP contribution in [0.2, 0.25) is 0 Å². The van der Waals surface area contributed by atoms with Gasteiger partial charge in [0.2, 0.25) is 11.9 Å². The van der Waals surface area contributed by atoms with E-state index in [2.05, 4.69) is 15.5 Å². The average molecular weight is 408 g/mol. The number of carbonyl (C=O) groups excluding carboxylic acids is 2. The second kappa shape index (κ2) is 7.88. The van der Waals surface area contributed by atoms with Crippen molar-refractivity contribution in [3.8, 4) is 12.1 Å². The van der Waals surface area contributed by atoms with Crippen molar-refractivity contribution in [2.24, 2.45) is 10.2 Å². The van der Waals surface area contributed by atoms with Gasteiger partial charge in [-0.1, -0.05) is 12.1 Å². The lowest BCUT2D eigenvalue weighted by Gasteiger charge is -2.14. The minimum absolute atomic E-state index is 0.0306. The Bertz CT molecular complexity index is 1180. The van der Waals surface area contributed by atoms with Gasteiger partial charge < -0.3 is 5.32 Å². The number of amides is 2. The maximum Gasteiger partial charge on any atom is 0.269 e. The molecule has 0 aromatic heterocycles. The predicted molar refractivity (Wildman–Crippen MR) is 99.3 cm³/mol. The molecule has 0 saturated heterocycles. The van der Waals surface area contributed by atoms with E-state index in [1.54, 1.807) is 18.2 Å². The molecule has 144 valence electrons. The van der Waals surface area contributed by atoms with Gasteiger partial charge in [-0.3, -0.25) is 9.59 Å². The smallest absolute Gasteiger partial charge is 0.269 e. The molecular weight excluding hydrogens is 396 g/mol. The van der Waals surface area contributed by atoms with Crippen LogP contribution in [0.25, 0.3) is 0 Å². The number of sulfonamides is 1. The standard InChI is InChI=1S/C18H12N6O4S/c19-9-14(10-20)23-22-13-7-5-12(6-8-13)21-17(25)11-24-18(26)15-3-1-2-4-16(15)29(24,27)28/h1-8,14H,11H2,(H,21,25). The van der Waals surface area contributed by atoms with Gasteiger partial charge in [0, 0.05) is 5.69 Å². The first kappa shape index (κ1) is 19.7. The van der Waals surface area contributed by atoms with Crippen LogP contribution >= 0.6 is 0 Å². The summed E-state index contributed by atoms with van der Waals surface area (Å²) in [6.45, 7) is -0.663. The van der Waals surface area contributed by atoms with Crippen LogP contribution in [0.3, 0.4) is 0 Å². The number of nitrogens with zero attached hydrogens (tertiary/aromatic N) is 5. The molecule has 29 heavy (non-hydrogen) atoms. The van der Waals surface area contributed by atoms with Gasteiger partial charge in [-0.2, -0.15) is 20.8 Å². The lowest BCUT2D eigenvalue weighted by molar-refractivity contribution is -0.116. The number of nitriles is 2. The zero-order valence-corrected chi connectivity index (χ0v) is 15.5. The molecule has 0 spiro atoms. The monoisotopic (exact) mass is 408 g/mol. The summed E-state index contributed by atoms with van der Waals surface area (Å²) in [6.07, 6.45) is 0. The minimum atomic E-state index is -4.07. The summed E-state index contributed by atoms with van der Waals surface area (Å²) in [5, 5.41) is 27.0. The van der Waals surface area contributed by atoms with E-state index in [9.17, 15) is 18.0 Å². The summed E-state index contributed by atoms with van der Waals surface area (Å²) < 4.78 is 25.4. The van der Waals surface area contributed by atoms with Crippen molar-refractivity contribution >= 4 is 33.2 Å². The third-order valence-corrected chi connectivity index (χ3v) is 5.67. The van der Waals surface area contributed by atoms with Gasteiger partial charge in [-0.15, -0.1) is 0 Å². The van der Waals surface area contributed by atoms with E-state index in [0.717, 1.165) is 0 Å². The molecule has 0 saturated carbocycles. The Kier molecular flexibility index (Phi) is 5.34. The first-order valence-electron chi connectivity index (χ1n) is 8.13. The van der Waals surface area contributed by atoms with Crippen molar-refractivity contribution < 1.29 is 18.0 Å². The second-order valence-corrected chi connectivity index (χ2v) is 7.61. The van der Waals surface area contributed by atoms with Crippen LogP contribution in [-0.4, -0.2) is 37.1 Å². The van der Waals surface area contributed by atoms with Crippen LogP contribution in [0.4, 0.5) is 11.4 Å². The zero-order chi connectivity index (χ0) is 21.0. The Balaban J connectivity index is 1.67. The largest absolute Gasteiger partial charge is 0.325 e. The Morgan fingerprint density at radius 1 is 1.10 bits per heavy atom. The van der Waals surface area contributed by atoms with E-state index >= 15 is 0 Å². The van der Waals surface area contributed by atoms with E-state index in [-0.39, 0.29) is 10.5 Å². The van der Waals surface area contributed by atoms with Gasteiger partial charge >= 0.3 is 0 Å². The van der Waals surface area contributed by atoms with Crippen LogP contribution < -0.4 is 5.32 Å². The lowest BCUT2D eigenvalue weighted by Crippen LogP contribution is -2.37. The van der Waals surface area contributed by atoms with Crippen LogP contribution in [0.1, 0.15) is 10.4 Å². The van der Waals surface area contributed by atoms with Crippen molar-refractivity contribution in [2.45, 2.75) is 10.9 Å². The predicted octanol–water partition coefficient (Wildman–Crippen LogP) is 1.97. The first-order valence-corrected chi connectivity index (χ1v) is 9.57. The average Bonchev–Trinajstić information content (AvgIpc) is 2.91. The fraction of sp³-hybridized carbons (Fsp3) is 0.111. The molecule has 1 N–H and O–H groups in total. The highest BCUT2D eigenvalue weighted by atomic mass is 32.2. The van der Waals surface area contributed by atoms with E-state index in [0.29, 0.717) is 15.7 Å². The molecule has 3 rings (SSSR count). The molecule has 1 aliphatic rings. The lowest BCUT2D eigenvalue weighted by atomic mass is 10.2. The van der Waals surface area contributed by atoms with Crippen molar-refractivity contribution in [1.82, 2.24) is 4.31 Å². The third-order valence-electron chi connectivity index (χ3n) is 3.88. The number of fused-ring (bicyclic) bond motifs is 1. The normalized spacial score (nSPS) is 14.4. The van der Waals surface area contributed by atoms with Crippen LogP contribution in [0.5, 0.6) is 0 Å². The summed E-state index contributed by atoms with van der Waals surface area (Å²) in [5.41, 5.74) is 0.724. The molecule has 0 radical (unpaired) electrons. The summed E-state index contributed by atoms with van der Waals surface area (Å²) >= 11 is 0. The molecule has 2 aromatic carbocycles. The quantitative estimate of drug-likeness (QED) is 0.745. The van der Waals surface area contributed by atoms with Gasteiger partial charge in [0.05, 0.1) is 11.3 Å². The van der Waals surface area contributed by atoms with Gasteiger partial charge in [-0.25, -0.2) is 12.7 Å². The summed E-state index contributed by atoms with van der Waals surface area (Å²) in [7, 11) is -4.07. The van der Waals surface area contributed by atoms with Crippen LogP contribution in [0.15, 0.2) is 63.7 Å². The molecule has 1 heterocycles. The number of benzene rings is 2. The van der Waals surface area contributed by atoms with E-state index < -0.39 is 34.4 Å². The summed E-state index contributed by atoms with van der Waals surface area (Å²) in [4.78, 5) is 24.4. The Labute approximate surface area is 165 Å². The molecule has 1 aliphatic heterocycles. The highest BCUT2D eigenvalue weighted by Crippen LogP contribution is 2.29. The van der Waals surface area contributed by atoms with Gasteiger partial charge in [0.15, 0.2) is 0 Å². The molecule has 0 bridgehead atoms. The van der Waals surface area contributed by atoms with Crippen molar-refractivity contribution in [3.05, 3.63) is 54.1 Å². The zero-order valence-electron chi connectivity index (χ0n) is 14.7. The van der Waals surface area contributed by atoms with Crippen molar-refractivity contribution in [1.29, 1.82) is 10.5 Å². The molecule has 0 aliphatic carbocycles. The molecule has 0 fully saturated rings. The number of hydrogen-bond acceptors (Lipinski definition) is 8. The maximum absolute atomic E-state index is 12.5. The highest BCUT2D eigenvalue weighted by molar-refractivity contribution is 7.90. The Morgan fingerprint density at radius 2 is 1.76 bits per heavy atom. The van der Waals surface area contributed by atoms with Gasteiger partial charge in [0.25, 0.3) is 15.9 Å². The van der Waals surface area contributed by atoms with E-state index in [1.807, 2.05) is 0 Å². The molecule has 2 aromatic rings.